The van der Waals surface area contributed by atoms with E-state index in [0.717, 1.165) is 11.1 Å². The van der Waals surface area contributed by atoms with Crippen LogP contribution in [-0.2, 0) is 13.0 Å². The first kappa shape index (κ1) is 16.2. The molecule has 0 aliphatic carbocycles. The second-order valence-electron chi connectivity index (χ2n) is 6.09. The topological polar surface area (TPSA) is 60.9 Å². The van der Waals surface area contributed by atoms with E-state index in [2.05, 4.69) is 10.1 Å². The smallest absolute Gasteiger partial charge is 0.267 e. The number of benzene rings is 2. The molecule has 2 heterocycles. The van der Waals surface area contributed by atoms with Crippen molar-refractivity contribution in [1.29, 1.82) is 0 Å². The van der Waals surface area contributed by atoms with Gasteiger partial charge in [-0.3, -0.25) is 9.36 Å². The van der Waals surface area contributed by atoms with Crippen LogP contribution in [0, 0.1) is 12.7 Å². The molecule has 2 aromatic heterocycles. The lowest BCUT2D eigenvalue weighted by atomic mass is 10.1. The SMILES string of the molecule is Cc1noc2nc(-c3ccccc3)n(CCc3cccc(F)c3)c(=O)c12. The van der Waals surface area contributed by atoms with Crippen LogP contribution in [0.2, 0.25) is 0 Å². The van der Waals surface area contributed by atoms with Crippen molar-refractivity contribution in [2.24, 2.45) is 0 Å². The van der Waals surface area contributed by atoms with Crippen molar-refractivity contribution in [3.8, 4) is 11.4 Å². The molecule has 4 aromatic rings. The van der Waals surface area contributed by atoms with Crippen LogP contribution in [0.5, 0.6) is 0 Å². The van der Waals surface area contributed by atoms with Crippen LogP contribution < -0.4 is 5.56 Å². The summed E-state index contributed by atoms with van der Waals surface area (Å²) in [5.41, 5.74) is 2.16. The minimum absolute atomic E-state index is 0.205. The lowest BCUT2D eigenvalue weighted by Crippen LogP contribution is -2.24. The summed E-state index contributed by atoms with van der Waals surface area (Å²) in [5, 5.41) is 4.24. The maximum absolute atomic E-state index is 13.4. The molecule has 0 saturated heterocycles. The van der Waals surface area contributed by atoms with E-state index in [0.29, 0.717) is 29.9 Å². The molecule has 0 radical (unpaired) electrons. The molecule has 0 aliphatic rings. The van der Waals surface area contributed by atoms with Crippen LogP contribution in [0.15, 0.2) is 63.9 Å². The van der Waals surface area contributed by atoms with Gasteiger partial charge >= 0.3 is 0 Å². The molecule has 0 fully saturated rings. The van der Waals surface area contributed by atoms with Gasteiger partial charge in [0.25, 0.3) is 11.3 Å². The minimum Gasteiger partial charge on any atom is -0.335 e. The molecule has 0 saturated carbocycles. The molecule has 6 heteroatoms. The number of aromatic nitrogens is 3. The van der Waals surface area contributed by atoms with Gasteiger partial charge in [0.1, 0.15) is 17.0 Å². The molecule has 5 nitrogen and oxygen atoms in total. The number of halogens is 1. The third-order valence-electron chi connectivity index (χ3n) is 4.31. The van der Waals surface area contributed by atoms with Gasteiger partial charge in [0.15, 0.2) is 0 Å². The van der Waals surface area contributed by atoms with Gasteiger partial charge in [0, 0.05) is 12.1 Å². The van der Waals surface area contributed by atoms with Crippen LogP contribution >= 0.6 is 0 Å². The summed E-state index contributed by atoms with van der Waals surface area (Å²) in [6.45, 7) is 2.09. The van der Waals surface area contributed by atoms with E-state index < -0.39 is 0 Å². The van der Waals surface area contributed by atoms with Crippen molar-refractivity contribution in [1.82, 2.24) is 14.7 Å². The molecule has 0 atom stereocenters. The highest BCUT2D eigenvalue weighted by Crippen LogP contribution is 2.20. The molecule has 0 aliphatic heterocycles. The predicted octanol–water partition coefficient (Wildman–Crippen LogP) is 3.74. The number of hydrogen-bond donors (Lipinski definition) is 0. The van der Waals surface area contributed by atoms with Gasteiger partial charge in [-0.1, -0.05) is 47.6 Å². The van der Waals surface area contributed by atoms with E-state index in [9.17, 15) is 9.18 Å². The monoisotopic (exact) mass is 349 g/mol. The Kier molecular flexibility index (Phi) is 4.08. The summed E-state index contributed by atoms with van der Waals surface area (Å²) in [7, 11) is 0. The Hall–Kier alpha value is -3.28. The lowest BCUT2D eigenvalue weighted by Gasteiger charge is -2.12. The van der Waals surface area contributed by atoms with Gasteiger partial charge < -0.3 is 4.52 Å². The highest BCUT2D eigenvalue weighted by atomic mass is 19.1. The standard InChI is InChI=1S/C20H16FN3O2/c1-13-17-19(26-23-13)22-18(15-7-3-2-4-8-15)24(20(17)25)11-10-14-6-5-9-16(21)12-14/h2-9,12H,10-11H2,1H3. The predicted molar refractivity (Wildman–Crippen MR) is 96.3 cm³/mol. The zero-order valence-corrected chi connectivity index (χ0v) is 14.1. The van der Waals surface area contributed by atoms with Crippen molar-refractivity contribution >= 4 is 11.1 Å². The average molecular weight is 349 g/mol. The van der Waals surface area contributed by atoms with E-state index in [1.807, 2.05) is 36.4 Å². The van der Waals surface area contributed by atoms with Gasteiger partial charge in [-0.05, 0) is 31.0 Å². The molecule has 0 spiro atoms. The molecule has 0 amide bonds. The van der Waals surface area contributed by atoms with Crippen LogP contribution in [0.4, 0.5) is 4.39 Å². The second kappa shape index (κ2) is 6.55. The molecule has 130 valence electrons. The Morgan fingerprint density at radius 2 is 1.92 bits per heavy atom. The summed E-state index contributed by atoms with van der Waals surface area (Å²) in [5.74, 6) is 0.220. The minimum atomic E-state index is -0.290. The molecule has 4 rings (SSSR count). The van der Waals surface area contributed by atoms with E-state index in [-0.39, 0.29) is 17.1 Å². The Morgan fingerprint density at radius 1 is 1.12 bits per heavy atom. The summed E-state index contributed by atoms with van der Waals surface area (Å²) in [4.78, 5) is 17.6. The van der Waals surface area contributed by atoms with Crippen molar-refractivity contribution in [3.63, 3.8) is 0 Å². The lowest BCUT2D eigenvalue weighted by molar-refractivity contribution is 0.442. The number of hydrogen-bond acceptors (Lipinski definition) is 4. The van der Waals surface area contributed by atoms with Gasteiger partial charge in [-0.15, -0.1) is 0 Å². The van der Waals surface area contributed by atoms with Gasteiger partial charge in [0.05, 0.1) is 5.69 Å². The first-order valence-corrected chi connectivity index (χ1v) is 8.30. The molecule has 0 N–H and O–H groups in total. The third-order valence-corrected chi connectivity index (χ3v) is 4.31. The van der Waals surface area contributed by atoms with Crippen molar-refractivity contribution in [2.45, 2.75) is 19.9 Å². The quantitative estimate of drug-likeness (QED) is 0.563. The van der Waals surface area contributed by atoms with Crippen molar-refractivity contribution in [3.05, 3.63) is 82.0 Å². The first-order chi connectivity index (χ1) is 12.6. The van der Waals surface area contributed by atoms with E-state index in [1.165, 1.54) is 12.1 Å². The number of rotatable bonds is 4. The Balaban J connectivity index is 1.84. The molecule has 0 bridgehead atoms. The molecule has 2 aromatic carbocycles. The normalized spacial score (nSPS) is 11.2. The van der Waals surface area contributed by atoms with Crippen molar-refractivity contribution < 1.29 is 8.91 Å². The summed E-state index contributed by atoms with van der Waals surface area (Å²) in [6, 6.07) is 15.8. The third kappa shape index (κ3) is 2.90. The van der Waals surface area contributed by atoms with Crippen LogP contribution in [-0.4, -0.2) is 14.7 Å². The van der Waals surface area contributed by atoms with E-state index in [4.69, 9.17) is 4.52 Å². The maximum atomic E-state index is 13.4. The van der Waals surface area contributed by atoms with Gasteiger partial charge in [-0.25, -0.2) is 4.39 Å². The highest BCUT2D eigenvalue weighted by molar-refractivity contribution is 5.76. The Labute approximate surface area is 148 Å². The van der Waals surface area contributed by atoms with E-state index >= 15 is 0 Å². The second-order valence-corrected chi connectivity index (χ2v) is 6.09. The van der Waals surface area contributed by atoms with Gasteiger partial charge in [-0.2, -0.15) is 4.98 Å². The average Bonchev–Trinajstić information content (AvgIpc) is 3.03. The van der Waals surface area contributed by atoms with E-state index in [1.54, 1.807) is 17.6 Å². The maximum Gasteiger partial charge on any atom is 0.267 e. The summed E-state index contributed by atoms with van der Waals surface area (Å²) < 4.78 is 20.2. The fourth-order valence-electron chi connectivity index (χ4n) is 3.02. The molecule has 0 unspecified atom stereocenters. The molecular weight excluding hydrogens is 333 g/mol. The highest BCUT2D eigenvalue weighted by Gasteiger charge is 2.18. The first-order valence-electron chi connectivity index (χ1n) is 8.30. The summed E-state index contributed by atoms with van der Waals surface area (Å²) >= 11 is 0. The zero-order valence-electron chi connectivity index (χ0n) is 14.1. The largest absolute Gasteiger partial charge is 0.335 e. The summed E-state index contributed by atoms with van der Waals surface area (Å²) in [6.07, 6.45) is 0.509. The number of fused-ring (bicyclic) bond motifs is 1. The Morgan fingerprint density at radius 3 is 2.69 bits per heavy atom. The molecule has 26 heavy (non-hydrogen) atoms. The zero-order chi connectivity index (χ0) is 18.1. The number of nitrogens with zero attached hydrogens (tertiary/aromatic N) is 3. The van der Waals surface area contributed by atoms with Crippen molar-refractivity contribution in [2.75, 3.05) is 0 Å². The van der Waals surface area contributed by atoms with Crippen LogP contribution in [0.25, 0.3) is 22.5 Å². The van der Waals surface area contributed by atoms with Crippen LogP contribution in [0.3, 0.4) is 0 Å². The molecular formula is C20H16FN3O2. The fraction of sp³-hybridized carbons (Fsp3) is 0.150. The van der Waals surface area contributed by atoms with Crippen LogP contribution in [0.1, 0.15) is 11.3 Å². The Bertz CT molecular complexity index is 1130. The number of aryl methyl sites for hydroxylation is 2. The van der Waals surface area contributed by atoms with Gasteiger partial charge in [0.2, 0.25) is 0 Å². The fourth-order valence-corrected chi connectivity index (χ4v) is 3.02.